The van der Waals surface area contributed by atoms with E-state index in [1.54, 1.807) is 13.8 Å². The highest BCUT2D eigenvalue weighted by molar-refractivity contribution is 7.94. The Morgan fingerprint density at radius 2 is 1.21 bits per heavy atom. The molecular weight excluding hydrogens is 901 g/mol. The molecule has 2 heterocycles. The molecule has 8 N–H and O–H groups in total. The van der Waals surface area contributed by atoms with Crippen molar-refractivity contribution < 1.29 is 47.0 Å². The molecule has 24 heteroatoms. The van der Waals surface area contributed by atoms with Crippen molar-refractivity contribution in [3.63, 3.8) is 0 Å². The molecular formula is C42H56N10O12S2. The second-order valence-corrected chi connectivity index (χ2v) is 17.5. The molecule has 22 nitrogen and oxygen atoms in total. The monoisotopic (exact) mass is 956 g/mol. The second-order valence-electron chi connectivity index (χ2n) is 15.0. The van der Waals surface area contributed by atoms with Crippen molar-refractivity contribution in [2.45, 2.75) is 103 Å². The lowest BCUT2D eigenvalue weighted by molar-refractivity contribution is -0.245. The Labute approximate surface area is 385 Å². The van der Waals surface area contributed by atoms with Gasteiger partial charge in [-0.25, -0.2) is 13.1 Å². The number of carbonyl (C=O) groups is 2. The summed E-state index contributed by atoms with van der Waals surface area (Å²) in [7, 11) is -4.35. The number of nitrogens with two attached hydrogens (primary N) is 2. The summed E-state index contributed by atoms with van der Waals surface area (Å²) in [5, 5.41) is 38.7. The number of amides is 2. The Morgan fingerprint density at radius 1 is 0.742 bits per heavy atom. The predicted octanol–water partition coefficient (Wildman–Crippen LogP) is 6.14. The molecule has 0 unspecified atom stereocenters. The van der Waals surface area contributed by atoms with Crippen LogP contribution in [-0.2, 0) is 41.9 Å². The van der Waals surface area contributed by atoms with Gasteiger partial charge in [0.2, 0.25) is 21.8 Å². The first-order valence-electron chi connectivity index (χ1n) is 20.9. The van der Waals surface area contributed by atoms with E-state index in [4.69, 9.17) is 30.3 Å². The summed E-state index contributed by atoms with van der Waals surface area (Å²) in [6.45, 7) is 14.6. The van der Waals surface area contributed by atoms with Crippen LogP contribution >= 0.6 is 12.0 Å². The number of nitrogens with one attached hydrogen (secondary N) is 2. The lowest BCUT2D eigenvalue weighted by Gasteiger charge is -2.16. The third-order valence-electron chi connectivity index (χ3n) is 9.64. The Hall–Kier alpha value is -5.86. The zero-order valence-electron chi connectivity index (χ0n) is 37.9. The lowest BCUT2D eigenvalue weighted by atomic mass is 10.0. The molecule has 2 amide bonds. The fourth-order valence-electron chi connectivity index (χ4n) is 6.37. The van der Waals surface area contributed by atoms with Crippen LogP contribution in [0.5, 0.6) is 11.8 Å². The van der Waals surface area contributed by atoms with Crippen LogP contribution in [0.3, 0.4) is 0 Å². The minimum Gasteiger partial charge on any atom is -0.493 e. The van der Waals surface area contributed by atoms with E-state index >= 15 is 0 Å². The molecule has 0 spiro atoms. The van der Waals surface area contributed by atoms with Gasteiger partial charge in [0, 0.05) is 61.0 Å². The van der Waals surface area contributed by atoms with Crippen molar-refractivity contribution >= 4 is 56.6 Å². The topological polar surface area (TPSA) is 315 Å². The van der Waals surface area contributed by atoms with Gasteiger partial charge in [0.15, 0.2) is 0 Å². The van der Waals surface area contributed by atoms with Crippen LogP contribution in [0.1, 0.15) is 86.2 Å². The van der Waals surface area contributed by atoms with Crippen LogP contribution in [0.4, 0.5) is 22.7 Å². The van der Waals surface area contributed by atoms with Gasteiger partial charge in [0.1, 0.15) is 22.5 Å². The van der Waals surface area contributed by atoms with Crippen LogP contribution in [-0.4, -0.2) is 78.1 Å². The second kappa shape index (κ2) is 24.1. The summed E-state index contributed by atoms with van der Waals surface area (Å²) in [5.74, 6) is -3.16. The third-order valence-corrected chi connectivity index (χ3v) is 11.8. The number of aromatic nitrogens is 2. The van der Waals surface area contributed by atoms with Gasteiger partial charge in [0.05, 0.1) is 40.5 Å². The number of hydrogen-bond acceptors (Lipinski definition) is 18. The highest BCUT2D eigenvalue weighted by Crippen LogP contribution is 2.41. The summed E-state index contributed by atoms with van der Waals surface area (Å²) < 4.78 is 49.5. The minimum atomic E-state index is -4.35. The van der Waals surface area contributed by atoms with E-state index in [9.17, 15) is 37.8 Å². The fourth-order valence-corrected chi connectivity index (χ4v) is 8.28. The maximum Gasteiger partial charge on any atom is 0.266 e. The highest BCUT2D eigenvalue weighted by Gasteiger charge is 2.25. The molecule has 0 fully saturated rings. The Bertz CT molecular complexity index is 2700. The van der Waals surface area contributed by atoms with Crippen LogP contribution < -0.4 is 32.8 Å². The van der Waals surface area contributed by atoms with Gasteiger partial charge in [-0.15, -0.1) is 19.6 Å². The van der Waals surface area contributed by atoms with Gasteiger partial charge in [-0.3, -0.25) is 28.3 Å². The van der Waals surface area contributed by atoms with Gasteiger partial charge in [-0.2, -0.15) is 15.7 Å². The normalized spacial score (nSPS) is 12.1. The zero-order chi connectivity index (χ0) is 48.9. The van der Waals surface area contributed by atoms with Gasteiger partial charge >= 0.3 is 0 Å². The number of hydroxylamine groups is 1. The van der Waals surface area contributed by atoms with Crippen molar-refractivity contribution in [2.75, 3.05) is 26.3 Å². The van der Waals surface area contributed by atoms with E-state index < -0.39 is 50.3 Å². The molecule has 0 saturated heterocycles. The van der Waals surface area contributed by atoms with E-state index in [0.29, 0.717) is 43.6 Å². The lowest BCUT2D eigenvalue weighted by Crippen LogP contribution is -2.30. The molecule has 0 aliphatic rings. The molecule has 0 bridgehead atoms. The minimum absolute atomic E-state index is 0.000263. The number of ether oxygens (including phenoxy) is 2. The van der Waals surface area contributed by atoms with Crippen molar-refractivity contribution in [2.24, 2.45) is 31.9 Å². The van der Waals surface area contributed by atoms with Crippen LogP contribution in [0, 0.1) is 13.8 Å². The number of hydrogen-bond donors (Lipinski definition) is 6. The number of azo groups is 2. The van der Waals surface area contributed by atoms with E-state index in [1.165, 1.54) is 50.2 Å². The fraction of sp³-hybridized carbons (Fsp3) is 0.429. The number of aromatic hydroxyl groups is 2. The van der Waals surface area contributed by atoms with Gasteiger partial charge in [0.25, 0.3) is 22.9 Å². The number of nitrogens with zero attached hydrogens (tertiary/aromatic N) is 6. The molecule has 358 valence electrons. The van der Waals surface area contributed by atoms with Gasteiger partial charge < -0.3 is 31.2 Å². The van der Waals surface area contributed by atoms with E-state index in [-0.39, 0.29) is 93.2 Å². The SMILES string of the molecule is CCn1c(O)c(N=Nc2ccc(-c3ccc(N=Nc4c(C)c(C(N)=O)c(=O)n(CC)c4O)cc3S(=O)(=O)NCCCOC(C)C)c(SOONCCCOC(C)C)c2)c(C)c(C(N)=O)c1=O. The average molecular weight is 957 g/mol. The Kier molecular flexibility index (Phi) is 19.2. The van der Waals surface area contributed by atoms with E-state index in [2.05, 4.69) is 30.7 Å². The first-order valence-corrected chi connectivity index (χ1v) is 23.1. The van der Waals surface area contributed by atoms with Crippen molar-refractivity contribution in [3.05, 3.63) is 79.4 Å². The number of carbonyl (C=O) groups excluding carboxylic acids is 2. The Balaban J connectivity index is 1.87. The average Bonchev–Trinajstić information content (AvgIpc) is 3.24. The number of benzene rings is 2. The largest absolute Gasteiger partial charge is 0.493 e. The van der Waals surface area contributed by atoms with E-state index in [1.807, 2.05) is 27.7 Å². The van der Waals surface area contributed by atoms with E-state index in [0.717, 1.165) is 9.13 Å². The van der Waals surface area contributed by atoms with Crippen molar-refractivity contribution in [1.82, 2.24) is 19.3 Å². The molecule has 0 aliphatic heterocycles. The summed E-state index contributed by atoms with van der Waals surface area (Å²) in [5.41, 5.74) is 11.5. The summed E-state index contributed by atoms with van der Waals surface area (Å²) in [6, 6.07) is 8.70. The zero-order valence-corrected chi connectivity index (χ0v) is 39.5. The first-order chi connectivity index (χ1) is 31.2. The molecule has 4 rings (SSSR count). The van der Waals surface area contributed by atoms with Gasteiger partial charge in [-0.1, -0.05) is 12.1 Å². The molecule has 2 aromatic heterocycles. The number of rotatable bonds is 25. The smallest absolute Gasteiger partial charge is 0.266 e. The number of pyridine rings is 2. The van der Waals surface area contributed by atoms with Crippen molar-refractivity contribution in [1.29, 1.82) is 0 Å². The Morgan fingerprint density at radius 3 is 1.68 bits per heavy atom. The van der Waals surface area contributed by atoms with Crippen LogP contribution in [0.15, 0.2) is 76.2 Å². The molecule has 4 aromatic rings. The number of primary amides is 2. The molecule has 2 aromatic carbocycles. The van der Waals surface area contributed by atoms with Crippen molar-refractivity contribution in [3.8, 4) is 22.9 Å². The quantitative estimate of drug-likeness (QED) is 0.0143. The molecule has 0 atom stereocenters. The third kappa shape index (κ3) is 13.2. The van der Waals surface area contributed by atoms with Crippen LogP contribution in [0.25, 0.3) is 11.1 Å². The predicted molar refractivity (Wildman–Crippen MR) is 245 cm³/mol. The highest BCUT2D eigenvalue weighted by atomic mass is 32.2. The summed E-state index contributed by atoms with van der Waals surface area (Å²) >= 11 is 0.696. The summed E-state index contributed by atoms with van der Waals surface area (Å²) in [4.78, 5) is 55.4. The molecule has 66 heavy (non-hydrogen) atoms. The molecule has 0 saturated carbocycles. The maximum atomic E-state index is 14.2. The van der Waals surface area contributed by atoms with Gasteiger partial charge in [-0.05, 0) is 98.1 Å². The standard InChI is InChI=1S/C42H56N10O12S2/c1-9-51-39(55)33(37(43)53)25(7)35(41(51)57)49-47-27-13-15-29(31(21-27)65-64-63-45-17-11-19-61-23(3)4)30-16-14-28(22-32(30)66(59,60)46-18-12-20-62-24(5)6)48-50-36-26(8)34(38(44)54)40(56)52(10-2)42(36)58/h13-16,21-24,45-46,57-58H,9-12,17-20H2,1-8H3,(H2,43,53)(H2,44,54). The number of sulfonamides is 1. The molecule has 0 radical (unpaired) electrons. The molecule has 0 aliphatic carbocycles. The van der Waals surface area contributed by atoms with Crippen LogP contribution in [0.2, 0.25) is 0 Å². The first kappa shape index (κ1) is 52.8. The maximum absolute atomic E-state index is 14.2. The summed E-state index contributed by atoms with van der Waals surface area (Å²) in [6.07, 6.45) is 0.921.